The van der Waals surface area contributed by atoms with Gasteiger partial charge in [0.1, 0.15) is 17.3 Å². The van der Waals surface area contributed by atoms with Crippen LogP contribution in [0.3, 0.4) is 0 Å². The number of ketones is 1. The Balaban J connectivity index is 1.97. The van der Waals surface area contributed by atoms with Gasteiger partial charge in [0, 0.05) is 31.9 Å². The van der Waals surface area contributed by atoms with E-state index in [-0.39, 0.29) is 23.2 Å². The van der Waals surface area contributed by atoms with Crippen LogP contribution in [0.15, 0.2) is 30.5 Å². The number of piperazine rings is 1. The Morgan fingerprint density at radius 1 is 1.33 bits per heavy atom. The van der Waals surface area contributed by atoms with E-state index < -0.39 is 28.8 Å². The van der Waals surface area contributed by atoms with Crippen LogP contribution in [-0.4, -0.2) is 52.1 Å². The van der Waals surface area contributed by atoms with Crippen molar-refractivity contribution < 1.29 is 23.1 Å². The first-order valence-corrected chi connectivity index (χ1v) is 9.50. The lowest BCUT2D eigenvalue weighted by atomic mass is 9.97. The number of nitrogens with two attached hydrogens (primary N) is 1. The number of carbonyl (C=O) groups excluding carboxylic acids is 1. The van der Waals surface area contributed by atoms with Crippen molar-refractivity contribution in [3.8, 4) is 0 Å². The van der Waals surface area contributed by atoms with Gasteiger partial charge in [-0.05, 0) is 44.5 Å². The molecule has 162 valence electrons. The van der Waals surface area contributed by atoms with E-state index in [1.807, 2.05) is 0 Å². The number of rotatable bonds is 5. The van der Waals surface area contributed by atoms with E-state index in [1.54, 1.807) is 18.7 Å². The number of carbonyl (C=O) groups is 1. The number of alkyl halides is 3. The van der Waals surface area contributed by atoms with Crippen LogP contribution in [-0.2, 0) is 6.18 Å². The molecule has 1 saturated heterocycles. The van der Waals surface area contributed by atoms with Crippen molar-refractivity contribution in [1.29, 1.82) is 0 Å². The van der Waals surface area contributed by atoms with Crippen LogP contribution >= 0.6 is 0 Å². The first-order valence-electron chi connectivity index (χ1n) is 9.50. The number of pyridine rings is 2. The van der Waals surface area contributed by atoms with Gasteiger partial charge in [-0.2, -0.15) is 13.2 Å². The lowest BCUT2D eigenvalue weighted by molar-refractivity contribution is -0.138. The first-order chi connectivity index (χ1) is 14.0. The van der Waals surface area contributed by atoms with Gasteiger partial charge in [0.2, 0.25) is 5.78 Å². The number of anilines is 2. The van der Waals surface area contributed by atoms with Crippen LogP contribution in [0.1, 0.15) is 41.9 Å². The Hall–Kier alpha value is -2.72. The molecular formula is C20H24F3N5O2. The second-order valence-corrected chi connectivity index (χ2v) is 7.94. The van der Waals surface area contributed by atoms with E-state index in [9.17, 15) is 23.1 Å². The molecule has 4 N–H and O–H groups in total. The van der Waals surface area contributed by atoms with Gasteiger partial charge >= 0.3 is 6.18 Å². The molecule has 1 fully saturated rings. The molecular weight excluding hydrogens is 399 g/mol. The number of nitrogen functional groups attached to an aromatic ring is 1. The normalized spacial score (nSPS) is 17.8. The summed E-state index contributed by atoms with van der Waals surface area (Å²) in [7, 11) is 0. The molecule has 7 nitrogen and oxygen atoms in total. The van der Waals surface area contributed by atoms with E-state index in [0.717, 1.165) is 6.07 Å². The third-order valence-corrected chi connectivity index (χ3v) is 4.81. The average Bonchev–Trinajstić information content (AvgIpc) is 2.65. The van der Waals surface area contributed by atoms with Gasteiger partial charge in [0.25, 0.3) is 0 Å². The highest BCUT2D eigenvalue weighted by Crippen LogP contribution is 2.34. The summed E-state index contributed by atoms with van der Waals surface area (Å²) in [4.78, 5) is 22.6. The third-order valence-electron chi connectivity index (χ3n) is 4.81. The number of nitrogens with one attached hydrogen (secondary N) is 1. The summed E-state index contributed by atoms with van der Waals surface area (Å²) in [6, 6.07) is 4.81. The van der Waals surface area contributed by atoms with Gasteiger partial charge < -0.3 is 21.1 Å². The van der Waals surface area contributed by atoms with Crippen molar-refractivity contribution >= 4 is 17.4 Å². The highest BCUT2D eigenvalue weighted by molar-refractivity contribution is 6.11. The van der Waals surface area contributed by atoms with Crippen molar-refractivity contribution in [1.82, 2.24) is 15.3 Å². The van der Waals surface area contributed by atoms with E-state index >= 15 is 0 Å². The minimum absolute atomic E-state index is 0.0732. The molecule has 1 aliphatic rings. The van der Waals surface area contributed by atoms with Crippen molar-refractivity contribution in [3.05, 3.63) is 47.3 Å². The highest BCUT2D eigenvalue weighted by Gasteiger charge is 2.37. The molecule has 3 heterocycles. The van der Waals surface area contributed by atoms with Crippen LogP contribution in [0.4, 0.5) is 24.8 Å². The molecule has 1 aliphatic heterocycles. The zero-order chi connectivity index (χ0) is 22.1. The zero-order valence-electron chi connectivity index (χ0n) is 16.7. The van der Waals surface area contributed by atoms with Crippen molar-refractivity contribution in [2.75, 3.05) is 30.3 Å². The number of hydrogen-bond acceptors (Lipinski definition) is 7. The molecule has 10 heteroatoms. The average molecular weight is 423 g/mol. The monoisotopic (exact) mass is 423 g/mol. The van der Waals surface area contributed by atoms with E-state index in [1.165, 1.54) is 24.4 Å². The zero-order valence-corrected chi connectivity index (χ0v) is 16.7. The summed E-state index contributed by atoms with van der Waals surface area (Å²) in [5.41, 5.74) is 2.83. The maximum Gasteiger partial charge on any atom is 0.418 e. The van der Waals surface area contributed by atoms with Gasteiger partial charge in [-0.3, -0.25) is 4.79 Å². The fourth-order valence-corrected chi connectivity index (χ4v) is 3.54. The molecule has 1 unspecified atom stereocenters. The Labute approximate surface area is 172 Å². The third kappa shape index (κ3) is 5.06. The van der Waals surface area contributed by atoms with Gasteiger partial charge in [-0.15, -0.1) is 0 Å². The lowest BCUT2D eigenvalue weighted by Crippen LogP contribution is -2.53. The van der Waals surface area contributed by atoms with Crippen LogP contribution in [0.5, 0.6) is 0 Å². The topological polar surface area (TPSA) is 104 Å². The number of aliphatic hydroxyl groups is 1. The molecule has 3 rings (SSSR count). The second-order valence-electron chi connectivity index (χ2n) is 7.94. The van der Waals surface area contributed by atoms with Gasteiger partial charge in [-0.25, -0.2) is 9.97 Å². The lowest BCUT2D eigenvalue weighted by Gasteiger charge is -2.37. The fourth-order valence-electron chi connectivity index (χ4n) is 3.54. The summed E-state index contributed by atoms with van der Waals surface area (Å²) in [6.07, 6.45) is -2.94. The largest absolute Gasteiger partial charge is 0.418 e. The molecule has 2 aromatic heterocycles. The molecule has 0 spiro atoms. The predicted molar refractivity (Wildman–Crippen MR) is 106 cm³/mol. The molecule has 0 amide bonds. The molecule has 1 atom stereocenters. The fraction of sp³-hybridized carbons (Fsp3) is 0.450. The van der Waals surface area contributed by atoms with Crippen LogP contribution in [0, 0.1) is 0 Å². The predicted octanol–water partition coefficient (Wildman–Crippen LogP) is 2.25. The van der Waals surface area contributed by atoms with E-state index in [0.29, 0.717) is 26.1 Å². The summed E-state index contributed by atoms with van der Waals surface area (Å²) < 4.78 is 40.7. The van der Waals surface area contributed by atoms with Crippen LogP contribution in [0.2, 0.25) is 0 Å². The number of halogens is 3. The number of hydrogen-bond donors (Lipinski definition) is 3. The van der Waals surface area contributed by atoms with Crippen molar-refractivity contribution in [2.45, 2.75) is 38.1 Å². The molecule has 0 radical (unpaired) electrons. The van der Waals surface area contributed by atoms with E-state index in [2.05, 4.69) is 15.3 Å². The quantitative estimate of drug-likeness (QED) is 0.634. The Morgan fingerprint density at radius 2 is 2.07 bits per heavy atom. The molecule has 2 aromatic rings. The number of aromatic nitrogens is 2. The minimum atomic E-state index is -4.75. The SMILES string of the molecule is CC(C)(O)CC1CN(c2ccc(C(F)(F)F)c(C(=O)c3cccnc3N)n2)CCN1. The summed E-state index contributed by atoms with van der Waals surface area (Å²) in [5.74, 6) is -0.829. The van der Waals surface area contributed by atoms with Crippen molar-refractivity contribution in [2.24, 2.45) is 0 Å². The minimum Gasteiger partial charge on any atom is -0.390 e. The van der Waals surface area contributed by atoms with Gasteiger partial charge in [0.05, 0.1) is 16.7 Å². The summed E-state index contributed by atoms with van der Waals surface area (Å²) in [5, 5.41) is 13.3. The molecule has 0 aliphatic carbocycles. The first kappa shape index (κ1) is 22.0. The van der Waals surface area contributed by atoms with E-state index in [4.69, 9.17) is 5.73 Å². The Morgan fingerprint density at radius 3 is 2.70 bits per heavy atom. The summed E-state index contributed by atoms with van der Waals surface area (Å²) in [6.45, 7) is 4.90. The maximum atomic E-state index is 13.6. The van der Waals surface area contributed by atoms with Crippen LogP contribution in [0.25, 0.3) is 0 Å². The Bertz CT molecular complexity index is 927. The van der Waals surface area contributed by atoms with Gasteiger partial charge in [-0.1, -0.05) is 0 Å². The Kier molecular flexibility index (Phi) is 6.00. The van der Waals surface area contributed by atoms with Crippen LogP contribution < -0.4 is 16.0 Å². The molecule has 0 bridgehead atoms. The van der Waals surface area contributed by atoms with Crippen molar-refractivity contribution in [3.63, 3.8) is 0 Å². The maximum absolute atomic E-state index is 13.6. The highest BCUT2D eigenvalue weighted by atomic mass is 19.4. The second kappa shape index (κ2) is 8.19. The molecule has 0 aromatic carbocycles. The standard InChI is InChI=1S/C20H24F3N5O2/c1-19(2,30)10-12-11-28(9-8-25-12)15-6-5-14(20(21,22)23)16(27-15)17(29)13-4-3-7-26-18(13)24/h3-7,12,25,30H,8-11H2,1-2H3,(H2,24,26). The molecule has 0 saturated carbocycles. The molecule has 30 heavy (non-hydrogen) atoms. The number of nitrogens with zero attached hydrogens (tertiary/aromatic N) is 3. The smallest absolute Gasteiger partial charge is 0.390 e. The van der Waals surface area contributed by atoms with Gasteiger partial charge in [0.15, 0.2) is 0 Å². The summed E-state index contributed by atoms with van der Waals surface area (Å²) >= 11 is 0.